The first-order chi connectivity index (χ1) is 6.54. The van der Waals surface area contributed by atoms with E-state index in [0.717, 1.165) is 12.1 Å². The SMILES string of the molecule is Cc1cc(OC(F)F)c(F)cc1C=O. The highest BCUT2D eigenvalue weighted by molar-refractivity contribution is 5.77. The summed E-state index contributed by atoms with van der Waals surface area (Å²) in [6.45, 7) is -1.58. The van der Waals surface area contributed by atoms with Crippen molar-refractivity contribution in [3.8, 4) is 5.75 Å². The molecule has 0 radical (unpaired) electrons. The summed E-state index contributed by atoms with van der Waals surface area (Å²) in [5.74, 6) is -1.53. The summed E-state index contributed by atoms with van der Waals surface area (Å²) in [5.41, 5.74) is 0.501. The molecule has 0 bridgehead atoms. The van der Waals surface area contributed by atoms with Crippen LogP contribution in [-0.4, -0.2) is 12.9 Å². The predicted molar refractivity (Wildman–Crippen MR) is 43.2 cm³/mol. The lowest BCUT2D eigenvalue weighted by atomic mass is 10.1. The number of benzene rings is 1. The van der Waals surface area contributed by atoms with Crippen molar-refractivity contribution in [2.24, 2.45) is 0 Å². The zero-order valence-electron chi connectivity index (χ0n) is 7.26. The summed E-state index contributed by atoms with van der Waals surface area (Å²) in [5, 5.41) is 0. The van der Waals surface area contributed by atoms with Crippen LogP contribution in [0.3, 0.4) is 0 Å². The molecule has 0 spiro atoms. The molecule has 0 N–H and O–H groups in total. The average molecular weight is 204 g/mol. The average Bonchev–Trinajstić information content (AvgIpc) is 2.10. The van der Waals surface area contributed by atoms with Crippen LogP contribution in [0.1, 0.15) is 15.9 Å². The number of aryl methyl sites for hydroxylation is 1. The Kier molecular flexibility index (Phi) is 3.11. The molecular weight excluding hydrogens is 197 g/mol. The van der Waals surface area contributed by atoms with Gasteiger partial charge in [0.2, 0.25) is 0 Å². The number of carbonyl (C=O) groups is 1. The van der Waals surface area contributed by atoms with E-state index in [2.05, 4.69) is 4.74 Å². The van der Waals surface area contributed by atoms with E-state index in [1.165, 1.54) is 6.92 Å². The first-order valence-corrected chi connectivity index (χ1v) is 3.74. The van der Waals surface area contributed by atoms with Crippen molar-refractivity contribution >= 4 is 6.29 Å². The van der Waals surface area contributed by atoms with Gasteiger partial charge in [-0.1, -0.05) is 0 Å². The molecule has 5 heteroatoms. The Balaban J connectivity index is 3.08. The van der Waals surface area contributed by atoms with Gasteiger partial charge in [-0.05, 0) is 24.6 Å². The second-order valence-corrected chi connectivity index (χ2v) is 2.64. The van der Waals surface area contributed by atoms with E-state index in [-0.39, 0.29) is 5.56 Å². The number of hydrogen-bond donors (Lipinski definition) is 0. The third-order valence-corrected chi connectivity index (χ3v) is 1.66. The first-order valence-electron chi connectivity index (χ1n) is 3.74. The van der Waals surface area contributed by atoms with Gasteiger partial charge in [-0.3, -0.25) is 4.79 Å². The molecule has 2 nitrogen and oxygen atoms in total. The second kappa shape index (κ2) is 4.13. The summed E-state index contributed by atoms with van der Waals surface area (Å²) in [4.78, 5) is 10.4. The standard InChI is InChI=1S/C9H7F3O2/c1-5-2-8(14-9(11)12)7(10)3-6(5)4-13/h2-4,9H,1H3. The van der Waals surface area contributed by atoms with Gasteiger partial charge >= 0.3 is 6.61 Å². The second-order valence-electron chi connectivity index (χ2n) is 2.64. The zero-order valence-corrected chi connectivity index (χ0v) is 7.26. The molecule has 0 amide bonds. The molecule has 0 fully saturated rings. The van der Waals surface area contributed by atoms with Crippen molar-refractivity contribution in [1.82, 2.24) is 0 Å². The minimum absolute atomic E-state index is 0.115. The van der Waals surface area contributed by atoms with Crippen LogP contribution in [0.4, 0.5) is 13.2 Å². The van der Waals surface area contributed by atoms with Crippen LogP contribution in [0.2, 0.25) is 0 Å². The number of alkyl halides is 2. The van der Waals surface area contributed by atoms with Crippen molar-refractivity contribution in [1.29, 1.82) is 0 Å². The summed E-state index contributed by atoms with van der Waals surface area (Å²) in [7, 11) is 0. The van der Waals surface area contributed by atoms with Crippen molar-refractivity contribution in [3.05, 3.63) is 29.1 Å². The largest absolute Gasteiger partial charge is 0.432 e. The van der Waals surface area contributed by atoms with Gasteiger partial charge in [0.15, 0.2) is 11.6 Å². The topological polar surface area (TPSA) is 26.3 Å². The van der Waals surface area contributed by atoms with Gasteiger partial charge in [-0.2, -0.15) is 8.78 Å². The molecule has 0 heterocycles. The van der Waals surface area contributed by atoms with Crippen molar-refractivity contribution in [2.45, 2.75) is 13.5 Å². The van der Waals surface area contributed by atoms with Crippen LogP contribution in [-0.2, 0) is 0 Å². The number of carbonyl (C=O) groups excluding carboxylic acids is 1. The van der Waals surface area contributed by atoms with E-state index in [4.69, 9.17) is 0 Å². The zero-order chi connectivity index (χ0) is 10.7. The lowest BCUT2D eigenvalue weighted by molar-refractivity contribution is -0.0522. The maximum atomic E-state index is 13.0. The van der Waals surface area contributed by atoms with Gasteiger partial charge in [-0.25, -0.2) is 4.39 Å². The van der Waals surface area contributed by atoms with Crippen molar-refractivity contribution < 1.29 is 22.7 Å². The Morgan fingerprint density at radius 2 is 2.07 bits per heavy atom. The molecule has 76 valence electrons. The molecule has 1 rings (SSSR count). The van der Waals surface area contributed by atoms with Crippen LogP contribution in [0.5, 0.6) is 5.75 Å². The van der Waals surface area contributed by atoms with Gasteiger partial charge in [0.1, 0.15) is 6.29 Å². The highest BCUT2D eigenvalue weighted by Crippen LogP contribution is 2.22. The van der Waals surface area contributed by atoms with Crippen LogP contribution in [0, 0.1) is 12.7 Å². The third-order valence-electron chi connectivity index (χ3n) is 1.66. The van der Waals surface area contributed by atoms with E-state index in [1.54, 1.807) is 0 Å². The Bertz CT molecular complexity index is 350. The van der Waals surface area contributed by atoms with Crippen molar-refractivity contribution in [2.75, 3.05) is 0 Å². The summed E-state index contributed by atoms with van der Waals surface area (Å²) in [6.07, 6.45) is 0.449. The molecule has 1 aromatic rings. The van der Waals surface area contributed by atoms with E-state index in [9.17, 15) is 18.0 Å². The Morgan fingerprint density at radius 1 is 1.43 bits per heavy atom. The fourth-order valence-corrected chi connectivity index (χ4v) is 0.984. The lowest BCUT2D eigenvalue weighted by Crippen LogP contribution is -2.04. The molecule has 0 aliphatic carbocycles. The highest BCUT2D eigenvalue weighted by atomic mass is 19.3. The predicted octanol–water partition coefficient (Wildman–Crippen LogP) is 2.55. The molecule has 0 aromatic heterocycles. The molecule has 0 aliphatic rings. The number of aldehydes is 1. The van der Waals surface area contributed by atoms with E-state index in [1.807, 2.05) is 0 Å². The minimum Gasteiger partial charge on any atom is -0.432 e. The number of ether oxygens (including phenoxy) is 1. The lowest BCUT2D eigenvalue weighted by Gasteiger charge is -2.07. The quantitative estimate of drug-likeness (QED) is 0.707. The third kappa shape index (κ3) is 2.25. The fourth-order valence-electron chi connectivity index (χ4n) is 0.984. The number of hydrogen-bond acceptors (Lipinski definition) is 2. The Labute approximate surface area is 78.3 Å². The monoisotopic (exact) mass is 204 g/mol. The summed E-state index contributed by atoms with van der Waals surface area (Å²) >= 11 is 0. The minimum atomic E-state index is -3.08. The summed E-state index contributed by atoms with van der Waals surface area (Å²) < 4.78 is 40.4. The van der Waals surface area contributed by atoms with Crippen LogP contribution in [0.15, 0.2) is 12.1 Å². The molecule has 0 aliphatic heterocycles. The smallest absolute Gasteiger partial charge is 0.387 e. The normalized spacial score (nSPS) is 10.4. The Morgan fingerprint density at radius 3 is 2.57 bits per heavy atom. The van der Waals surface area contributed by atoms with Gasteiger partial charge in [0, 0.05) is 5.56 Å². The molecule has 14 heavy (non-hydrogen) atoms. The molecule has 1 aromatic carbocycles. The van der Waals surface area contributed by atoms with Crippen LogP contribution < -0.4 is 4.74 Å². The summed E-state index contributed by atoms with van der Waals surface area (Å²) in [6, 6.07) is 1.92. The molecule has 0 saturated carbocycles. The molecule has 0 saturated heterocycles. The van der Waals surface area contributed by atoms with Gasteiger partial charge < -0.3 is 4.74 Å². The Hall–Kier alpha value is -1.52. The highest BCUT2D eigenvalue weighted by Gasteiger charge is 2.12. The van der Waals surface area contributed by atoms with E-state index < -0.39 is 18.2 Å². The molecule has 0 unspecified atom stereocenters. The molecule has 0 atom stereocenters. The van der Waals surface area contributed by atoms with Crippen LogP contribution in [0.25, 0.3) is 0 Å². The number of rotatable bonds is 3. The van der Waals surface area contributed by atoms with Gasteiger partial charge in [0.25, 0.3) is 0 Å². The fraction of sp³-hybridized carbons (Fsp3) is 0.222. The van der Waals surface area contributed by atoms with Gasteiger partial charge in [-0.15, -0.1) is 0 Å². The number of halogens is 3. The van der Waals surface area contributed by atoms with Gasteiger partial charge in [0.05, 0.1) is 0 Å². The first kappa shape index (κ1) is 10.6. The van der Waals surface area contributed by atoms with E-state index in [0.29, 0.717) is 11.8 Å². The molecular formula is C9H7F3O2. The van der Waals surface area contributed by atoms with Crippen molar-refractivity contribution in [3.63, 3.8) is 0 Å². The maximum Gasteiger partial charge on any atom is 0.387 e. The van der Waals surface area contributed by atoms with Crippen LogP contribution >= 0.6 is 0 Å². The maximum absolute atomic E-state index is 13.0. The van der Waals surface area contributed by atoms with E-state index >= 15 is 0 Å².